The summed E-state index contributed by atoms with van der Waals surface area (Å²) in [5, 5.41) is 3.78. The summed E-state index contributed by atoms with van der Waals surface area (Å²) in [6, 6.07) is 0. The largest absolute Gasteiger partial charge is 0.381 e. The van der Waals surface area contributed by atoms with Crippen LogP contribution in [0.4, 0.5) is 5.82 Å². The van der Waals surface area contributed by atoms with Gasteiger partial charge in [0, 0.05) is 19.8 Å². The summed E-state index contributed by atoms with van der Waals surface area (Å²) in [7, 11) is -1.90. The lowest BCUT2D eigenvalue weighted by Gasteiger charge is -2.07. The Morgan fingerprint density at radius 3 is 2.60 bits per heavy atom. The zero-order chi connectivity index (χ0) is 11.6. The number of nitrogen functional groups attached to an aromatic ring is 1. The Hall–Kier alpha value is -1.08. The second-order valence-electron chi connectivity index (χ2n) is 3.80. The van der Waals surface area contributed by atoms with E-state index in [9.17, 15) is 8.42 Å². The van der Waals surface area contributed by atoms with Gasteiger partial charge in [-0.3, -0.25) is 4.68 Å². The quantitative estimate of drug-likeness (QED) is 0.760. The minimum absolute atomic E-state index is 0.0220. The van der Waals surface area contributed by atoms with Crippen molar-refractivity contribution in [3.63, 3.8) is 0 Å². The minimum Gasteiger partial charge on any atom is -0.381 e. The van der Waals surface area contributed by atoms with Gasteiger partial charge in [-0.25, -0.2) is 13.1 Å². The smallest absolute Gasteiger partial charge is 0.245 e. The molecule has 15 heavy (non-hydrogen) atoms. The number of aryl methyl sites for hydroxylation is 1. The summed E-state index contributed by atoms with van der Waals surface area (Å²) in [6.07, 6.45) is 1.39. The van der Waals surface area contributed by atoms with Gasteiger partial charge in [0.15, 0.2) is 5.82 Å². The van der Waals surface area contributed by atoms with Crippen LogP contribution in [-0.4, -0.2) is 24.7 Å². The Bertz CT molecular complexity index is 435. The molecule has 0 aromatic carbocycles. The molecule has 0 unspecified atom stereocenters. The Morgan fingerprint density at radius 1 is 1.60 bits per heavy atom. The maximum Gasteiger partial charge on any atom is 0.245 e. The summed E-state index contributed by atoms with van der Waals surface area (Å²) in [5.74, 6) is 0.270. The molecule has 0 aliphatic heterocycles. The van der Waals surface area contributed by atoms with E-state index < -0.39 is 10.0 Å². The maximum absolute atomic E-state index is 11.7. The number of nitrogens with one attached hydrogen (secondary N) is 1. The Morgan fingerprint density at radius 2 is 2.20 bits per heavy atom. The van der Waals surface area contributed by atoms with Gasteiger partial charge in [0.1, 0.15) is 4.90 Å². The molecule has 0 aliphatic rings. The monoisotopic (exact) mass is 232 g/mol. The average molecular weight is 232 g/mol. The van der Waals surface area contributed by atoms with Gasteiger partial charge in [-0.05, 0) is 5.92 Å². The summed E-state index contributed by atoms with van der Waals surface area (Å²) < 4.78 is 27.3. The Balaban J connectivity index is 2.91. The Kier molecular flexibility index (Phi) is 3.35. The van der Waals surface area contributed by atoms with Crippen molar-refractivity contribution in [1.29, 1.82) is 0 Å². The molecule has 0 bridgehead atoms. The lowest BCUT2D eigenvalue weighted by molar-refractivity contribution is 0.560. The van der Waals surface area contributed by atoms with E-state index >= 15 is 0 Å². The van der Waals surface area contributed by atoms with Crippen molar-refractivity contribution in [3.8, 4) is 0 Å². The summed E-state index contributed by atoms with van der Waals surface area (Å²) in [6.45, 7) is 4.24. The first-order valence-corrected chi connectivity index (χ1v) is 6.10. The number of sulfonamides is 1. The van der Waals surface area contributed by atoms with Crippen LogP contribution in [0, 0.1) is 5.92 Å². The van der Waals surface area contributed by atoms with Crippen LogP contribution < -0.4 is 10.5 Å². The lowest BCUT2D eigenvalue weighted by atomic mass is 10.2. The van der Waals surface area contributed by atoms with E-state index in [4.69, 9.17) is 5.73 Å². The highest BCUT2D eigenvalue weighted by molar-refractivity contribution is 7.89. The fraction of sp³-hybridized carbons (Fsp3) is 0.625. The molecule has 7 heteroatoms. The van der Waals surface area contributed by atoms with E-state index in [1.807, 2.05) is 13.8 Å². The molecule has 0 saturated heterocycles. The van der Waals surface area contributed by atoms with Crippen molar-refractivity contribution in [2.24, 2.45) is 13.0 Å². The van der Waals surface area contributed by atoms with E-state index in [1.165, 1.54) is 10.9 Å². The van der Waals surface area contributed by atoms with E-state index in [0.29, 0.717) is 6.54 Å². The summed E-state index contributed by atoms with van der Waals surface area (Å²) in [5.41, 5.74) is 5.48. The third-order valence-corrected chi connectivity index (χ3v) is 3.23. The Labute approximate surface area is 89.5 Å². The normalized spacial score (nSPS) is 12.3. The molecule has 6 nitrogen and oxygen atoms in total. The SMILES string of the molecule is CC(C)CNS(=O)(=O)c1cn(C)nc1N. The first-order chi connectivity index (χ1) is 6.83. The molecule has 1 aromatic heterocycles. The molecule has 0 fully saturated rings. The summed E-state index contributed by atoms with van der Waals surface area (Å²) >= 11 is 0. The molecule has 0 amide bonds. The van der Waals surface area contributed by atoms with Crippen molar-refractivity contribution in [2.45, 2.75) is 18.7 Å². The van der Waals surface area contributed by atoms with Crippen LogP contribution in [0.2, 0.25) is 0 Å². The van der Waals surface area contributed by atoms with Gasteiger partial charge < -0.3 is 5.73 Å². The van der Waals surface area contributed by atoms with Crippen LogP contribution in [0.1, 0.15) is 13.8 Å². The van der Waals surface area contributed by atoms with Crippen molar-refractivity contribution in [1.82, 2.24) is 14.5 Å². The first kappa shape index (κ1) is 12.0. The van der Waals surface area contributed by atoms with Crippen LogP contribution in [0.3, 0.4) is 0 Å². The highest BCUT2D eigenvalue weighted by atomic mass is 32.2. The van der Waals surface area contributed by atoms with Crippen molar-refractivity contribution in [3.05, 3.63) is 6.20 Å². The van der Waals surface area contributed by atoms with Gasteiger partial charge in [-0.15, -0.1) is 0 Å². The van der Waals surface area contributed by atoms with E-state index in [2.05, 4.69) is 9.82 Å². The zero-order valence-corrected chi connectivity index (χ0v) is 9.87. The number of aromatic nitrogens is 2. The van der Waals surface area contributed by atoms with Crippen molar-refractivity contribution < 1.29 is 8.42 Å². The highest BCUT2D eigenvalue weighted by Gasteiger charge is 2.20. The van der Waals surface area contributed by atoms with Gasteiger partial charge >= 0.3 is 0 Å². The van der Waals surface area contributed by atoms with E-state index in [1.54, 1.807) is 7.05 Å². The molecule has 1 aromatic rings. The third kappa shape index (κ3) is 2.93. The first-order valence-electron chi connectivity index (χ1n) is 4.61. The molecule has 3 N–H and O–H groups in total. The topological polar surface area (TPSA) is 90.0 Å². The number of hydrogen-bond acceptors (Lipinski definition) is 4. The molecule has 0 radical (unpaired) electrons. The van der Waals surface area contributed by atoms with Crippen LogP contribution in [0.25, 0.3) is 0 Å². The predicted molar refractivity (Wildman–Crippen MR) is 57.6 cm³/mol. The molecule has 1 rings (SSSR count). The van der Waals surface area contributed by atoms with Gasteiger partial charge in [0.25, 0.3) is 0 Å². The van der Waals surface area contributed by atoms with Crippen LogP contribution in [0.5, 0.6) is 0 Å². The maximum atomic E-state index is 11.7. The number of hydrogen-bond donors (Lipinski definition) is 2. The second-order valence-corrected chi connectivity index (χ2v) is 5.53. The standard InChI is InChI=1S/C8H16N4O2S/c1-6(2)4-10-15(13,14)7-5-12(3)11-8(7)9/h5-6,10H,4H2,1-3H3,(H2,9,11). The van der Waals surface area contributed by atoms with E-state index in [-0.39, 0.29) is 16.6 Å². The highest BCUT2D eigenvalue weighted by Crippen LogP contribution is 2.15. The minimum atomic E-state index is -3.52. The zero-order valence-electron chi connectivity index (χ0n) is 9.06. The summed E-state index contributed by atoms with van der Waals surface area (Å²) in [4.78, 5) is 0.0330. The fourth-order valence-electron chi connectivity index (χ4n) is 1.05. The fourth-order valence-corrected chi connectivity index (χ4v) is 2.36. The van der Waals surface area contributed by atoms with Crippen LogP contribution >= 0.6 is 0 Å². The number of nitrogens with zero attached hydrogens (tertiary/aromatic N) is 2. The predicted octanol–water partition coefficient (Wildman–Crippen LogP) is -0.0634. The van der Waals surface area contributed by atoms with Gasteiger partial charge in [0.2, 0.25) is 10.0 Å². The van der Waals surface area contributed by atoms with Crippen LogP contribution in [0.15, 0.2) is 11.1 Å². The molecule has 0 saturated carbocycles. The van der Waals surface area contributed by atoms with Crippen molar-refractivity contribution in [2.75, 3.05) is 12.3 Å². The third-order valence-electron chi connectivity index (χ3n) is 1.79. The van der Waals surface area contributed by atoms with Crippen molar-refractivity contribution >= 4 is 15.8 Å². The molecule has 0 atom stereocenters. The molecular weight excluding hydrogens is 216 g/mol. The molecule has 0 aliphatic carbocycles. The lowest BCUT2D eigenvalue weighted by Crippen LogP contribution is -2.27. The number of anilines is 1. The van der Waals surface area contributed by atoms with Gasteiger partial charge in [-0.2, -0.15) is 5.10 Å². The number of rotatable bonds is 4. The van der Waals surface area contributed by atoms with E-state index in [0.717, 1.165) is 0 Å². The molecular formula is C8H16N4O2S. The molecule has 0 spiro atoms. The van der Waals surface area contributed by atoms with Gasteiger partial charge in [0.05, 0.1) is 0 Å². The number of nitrogens with two attached hydrogens (primary N) is 1. The average Bonchev–Trinajstić information content (AvgIpc) is 2.43. The van der Waals surface area contributed by atoms with Crippen LogP contribution in [-0.2, 0) is 17.1 Å². The molecule has 86 valence electrons. The molecule has 1 heterocycles. The second kappa shape index (κ2) is 4.19. The van der Waals surface area contributed by atoms with Gasteiger partial charge in [-0.1, -0.05) is 13.8 Å².